The molecule has 0 saturated carbocycles. The average molecular weight is 433 g/mol. The standard InChI is InChI=1S/C24H21ClN4O2/c25-21-9-5-4-6-17(21)14-15-26-22-16-23(30)29(24(22)31)20-12-10-19(11-13-20)28-27-18-7-2-1-3-8-18/h1-13,22,26H,14-16H2. The number of carbonyl (C=O) groups excluding carboxylic acids is 2. The molecule has 6 nitrogen and oxygen atoms in total. The molecule has 3 aromatic rings. The van der Waals surface area contributed by atoms with Gasteiger partial charge in [0.25, 0.3) is 5.91 Å². The van der Waals surface area contributed by atoms with Crippen LogP contribution < -0.4 is 10.2 Å². The van der Waals surface area contributed by atoms with E-state index in [1.165, 1.54) is 4.90 Å². The van der Waals surface area contributed by atoms with Gasteiger partial charge in [-0.15, -0.1) is 0 Å². The van der Waals surface area contributed by atoms with Crippen LogP contribution in [0.4, 0.5) is 17.1 Å². The molecule has 1 saturated heterocycles. The Labute approximate surface area is 185 Å². The minimum absolute atomic E-state index is 0.136. The van der Waals surface area contributed by atoms with Gasteiger partial charge < -0.3 is 5.32 Å². The number of anilines is 1. The highest BCUT2D eigenvalue weighted by Crippen LogP contribution is 2.26. The van der Waals surface area contributed by atoms with Gasteiger partial charge in [-0.25, -0.2) is 4.90 Å². The Kier molecular flexibility index (Phi) is 6.50. The third-order valence-electron chi connectivity index (χ3n) is 5.03. The van der Waals surface area contributed by atoms with Gasteiger partial charge in [-0.1, -0.05) is 48.0 Å². The second-order valence-corrected chi connectivity index (χ2v) is 7.58. The van der Waals surface area contributed by atoms with E-state index in [0.29, 0.717) is 29.4 Å². The van der Waals surface area contributed by atoms with Crippen LogP contribution in [0.25, 0.3) is 0 Å². The molecule has 4 rings (SSSR count). The number of rotatable bonds is 7. The fourth-order valence-corrected chi connectivity index (χ4v) is 3.65. The molecule has 0 spiro atoms. The molecule has 0 aliphatic carbocycles. The molecule has 1 N–H and O–H groups in total. The SMILES string of the molecule is O=C1CC(NCCc2ccccc2Cl)C(=O)N1c1ccc(N=Nc2ccccc2)cc1. The maximum Gasteiger partial charge on any atom is 0.251 e. The summed E-state index contributed by atoms with van der Waals surface area (Å²) in [5.74, 6) is -0.471. The second-order valence-electron chi connectivity index (χ2n) is 7.17. The van der Waals surface area contributed by atoms with Crippen molar-refractivity contribution >= 4 is 40.5 Å². The van der Waals surface area contributed by atoms with Crippen molar-refractivity contribution in [1.29, 1.82) is 0 Å². The molecule has 3 aromatic carbocycles. The summed E-state index contributed by atoms with van der Waals surface area (Å²) in [4.78, 5) is 26.5. The summed E-state index contributed by atoms with van der Waals surface area (Å²) in [7, 11) is 0. The predicted octanol–water partition coefficient (Wildman–Crippen LogP) is 5.22. The van der Waals surface area contributed by atoms with Crippen LogP contribution in [-0.4, -0.2) is 24.4 Å². The lowest BCUT2D eigenvalue weighted by Gasteiger charge is -2.15. The van der Waals surface area contributed by atoms with Crippen molar-refractivity contribution in [2.45, 2.75) is 18.9 Å². The summed E-state index contributed by atoms with van der Waals surface area (Å²) in [6.45, 7) is 0.556. The topological polar surface area (TPSA) is 74.1 Å². The van der Waals surface area contributed by atoms with Crippen LogP contribution in [-0.2, 0) is 16.0 Å². The van der Waals surface area contributed by atoms with Crippen LogP contribution in [0.5, 0.6) is 0 Å². The monoisotopic (exact) mass is 432 g/mol. The van der Waals surface area contributed by atoms with Crippen LogP contribution in [0.2, 0.25) is 5.02 Å². The van der Waals surface area contributed by atoms with Gasteiger partial charge in [0.1, 0.15) is 0 Å². The first-order valence-corrected chi connectivity index (χ1v) is 10.4. The molecule has 1 aliphatic rings. The first-order valence-electron chi connectivity index (χ1n) is 10.0. The van der Waals surface area contributed by atoms with Gasteiger partial charge in [-0.3, -0.25) is 9.59 Å². The number of hydrogen-bond acceptors (Lipinski definition) is 5. The minimum atomic E-state index is -0.535. The van der Waals surface area contributed by atoms with Crippen LogP contribution >= 0.6 is 11.6 Å². The van der Waals surface area contributed by atoms with Gasteiger partial charge in [-0.2, -0.15) is 10.2 Å². The van der Waals surface area contributed by atoms with E-state index >= 15 is 0 Å². The third kappa shape index (κ3) is 5.05. The number of imide groups is 1. The van der Waals surface area contributed by atoms with Crippen molar-refractivity contribution in [2.75, 3.05) is 11.4 Å². The van der Waals surface area contributed by atoms with E-state index in [-0.39, 0.29) is 18.2 Å². The summed E-state index contributed by atoms with van der Waals surface area (Å²) in [6, 6.07) is 23.4. The predicted molar refractivity (Wildman–Crippen MR) is 121 cm³/mol. The Hall–Kier alpha value is -3.35. The molecule has 0 bridgehead atoms. The van der Waals surface area contributed by atoms with Gasteiger partial charge in [0.2, 0.25) is 5.91 Å². The van der Waals surface area contributed by atoms with Crippen LogP contribution in [0.1, 0.15) is 12.0 Å². The highest BCUT2D eigenvalue weighted by Gasteiger charge is 2.39. The van der Waals surface area contributed by atoms with E-state index in [2.05, 4.69) is 15.5 Å². The van der Waals surface area contributed by atoms with Crippen molar-refractivity contribution < 1.29 is 9.59 Å². The third-order valence-corrected chi connectivity index (χ3v) is 5.40. The number of azo groups is 1. The largest absolute Gasteiger partial charge is 0.305 e. The molecular weight excluding hydrogens is 412 g/mol. The number of hydrogen-bond donors (Lipinski definition) is 1. The summed E-state index contributed by atoms with van der Waals surface area (Å²) in [6.07, 6.45) is 0.815. The second kappa shape index (κ2) is 9.64. The number of amides is 2. The van der Waals surface area contributed by atoms with Crippen LogP contribution in [0, 0.1) is 0 Å². The van der Waals surface area contributed by atoms with E-state index in [1.54, 1.807) is 24.3 Å². The molecule has 156 valence electrons. The number of halogens is 1. The highest BCUT2D eigenvalue weighted by molar-refractivity contribution is 6.31. The highest BCUT2D eigenvalue weighted by atomic mass is 35.5. The lowest BCUT2D eigenvalue weighted by molar-refractivity contribution is -0.121. The maximum absolute atomic E-state index is 12.8. The Morgan fingerprint density at radius 1 is 0.871 bits per heavy atom. The van der Waals surface area contributed by atoms with Gasteiger partial charge in [0.15, 0.2) is 0 Å². The van der Waals surface area contributed by atoms with E-state index < -0.39 is 6.04 Å². The van der Waals surface area contributed by atoms with Gasteiger partial charge >= 0.3 is 0 Å². The van der Waals surface area contributed by atoms with Crippen molar-refractivity contribution in [3.63, 3.8) is 0 Å². The molecule has 1 heterocycles. The molecule has 1 fully saturated rings. The van der Waals surface area contributed by atoms with Gasteiger partial charge in [0, 0.05) is 5.02 Å². The Bertz CT molecular complexity index is 1100. The average Bonchev–Trinajstić information content (AvgIpc) is 3.08. The van der Waals surface area contributed by atoms with Crippen LogP contribution in [0.3, 0.4) is 0 Å². The quantitative estimate of drug-likeness (QED) is 0.411. The van der Waals surface area contributed by atoms with Crippen molar-refractivity contribution in [3.8, 4) is 0 Å². The Balaban J connectivity index is 1.37. The molecule has 7 heteroatoms. The molecular formula is C24H21ClN4O2. The molecule has 1 aliphatic heterocycles. The molecule has 0 radical (unpaired) electrons. The lowest BCUT2D eigenvalue weighted by Crippen LogP contribution is -2.39. The van der Waals surface area contributed by atoms with Crippen molar-refractivity contribution in [1.82, 2.24) is 5.32 Å². The summed E-state index contributed by atoms with van der Waals surface area (Å²) < 4.78 is 0. The Morgan fingerprint density at radius 3 is 2.23 bits per heavy atom. The zero-order chi connectivity index (χ0) is 21.6. The van der Waals surface area contributed by atoms with Crippen molar-refractivity contribution in [2.24, 2.45) is 10.2 Å². The van der Waals surface area contributed by atoms with Crippen LogP contribution in [0.15, 0.2) is 89.1 Å². The summed E-state index contributed by atoms with van der Waals surface area (Å²) in [5, 5.41) is 12.2. The number of benzene rings is 3. The number of carbonyl (C=O) groups is 2. The maximum atomic E-state index is 12.8. The molecule has 1 atom stereocenters. The fourth-order valence-electron chi connectivity index (χ4n) is 3.42. The zero-order valence-corrected chi connectivity index (χ0v) is 17.5. The summed E-state index contributed by atoms with van der Waals surface area (Å²) in [5.41, 5.74) is 2.93. The summed E-state index contributed by atoms with van der Waals surface area (Å²) >= 11 is 6.17. The van der Waals surface area contributed by atoms with E-state index in [4.69, 9.17) is 11.6 Å². The first-order chi connectivity index (χ1) is 15.1. The van der Waals surface area contributed by atoms with E-state index in [0.717, 1.165) is 11.3 Å². The van der Waals surface area contributed by atoms with Gasteiger partial charge in [0.05, 0.1) is 29.5 Å². The number of nitrogens with one attached hydrogen (secondary N) is 1. The molecule has 1 unspecified atom stereocenters. The Morgan fingerprint density at radius 2 is 1.52 bits per heavy atom. The smallest absolute Gasteiger partial charge is 0.251 e. The zero-order valence-electron chi connectivity index (χ0n) is 16.7. The van der Waals surface area contributed by atoms with E-state index in [1.807, 2.05) is 54.6 Å². The minimum Gasteiger partial charge on any atom is -0.305 e. The number of nitrogens with zero attached hydrogens (tertiary/aromatic N) is 3. The van der Waals surface area contributed by atoms with E-state index in [9.17, 15) is 9.59 Å². The molecule has 2 amide bonds. The first kappa shape index (κ1) is 20.9. The molecule has 31 heavy (non-hydrogen) atoms. The lowest BCUT2D eigenvalue weighted by atomic mass is 10.1. The van der Waals surface area contributed by atoms with Crippen molar-refractivity contribution in [3.05, 3.63) is 89.4 Å². The van der Waals surface area contributed by atoms with Gasteiger partial charge in [-0.05, 0) is 61.0 Å². The molecule has 0 aromatic heterocycles. The normalized spacial score (nSPS) is 16.4. The fraction of sp³-hybridized carbons (Fsp3) is 0.167.